The molecule has 0 unspecified atom stereocenters. The minimum Gasteiger partial charge on any atom is -0.455 e. The SMILES string of the molecule is c1ccc(-c2cc(-c3ccc4ccccc4c3)ccc2N(c2ccc(-c3cccc(-n4c5ccccc5c5ccccc54)c3)cc2)c2ccc3oc4c5ccccc5ccc4c3c2)cc1. The number of anilines is 3. The van der Waals surface area contributed by atoms with Gasteiger partial charge in [0.1, 0.15) is 11.2 Å². The molecule has 0 fully saturated rings. The van der Waals surface area contributed by atoms with Crippen LogP contribution in [-0.2, 0) is 0 Å². The minimum absolute atomic E-state index is 0.869. The molecule has 304 valence electrons. The van der Waals surface area contributed by atoms with Gasteiger partial charge in [-0.2, -0.15) is 0 Å². The van der Waals surface area contributed by atoms with Crippen molar-refractivity contribution in [2.45, 2.75) is 0 Å². The van der Waals surface area contributed by atoms with Crippen molar-refractivity contribution in [3.63, 3.8) is 0 Å². The molecule has 13 rings (SSSR count). The number of aromatic nitrogens is 1. The lowest BCUT2D eigenvalue weighted by Gasteiger charge is -2.28. The van der Waals surface area contributed by atoms with Gasteiger partial charge in [0.05, 0.1) is 16.7 Å². The largest absolute Gasteiger partial charge is 0.455 e. The van der Waals surface area contributed by atoms with E-state index < -0.39 is 0 Å². The molecule has 0 bridgehead atoms. The molecule has 0 radical (unpaired) electrons. The number of nitrogens with zero attached hydrogens (tertiary/aromatic N) is 2. The minimum atomic E-state index is 0.869. The highest BCUT2D eigenvalue weighted by Gasteiger charge is 2.21. The summed E-state index contributed by atoms with van der Waals surface area (Å²) in [6.07, 6.45) is 0. The highest BCUT2D eigenvalue weighted by Crippen LogP contribution is 2.45. The molecule has 0 spiro atoms. The van der Waals surface area contributed by atoms with E-state index in [1.54, 1.807) is 0 Å². The van der Waals surface area contributed by atoms with Crippen LogP contribution in [0.3, 0.4) is 0 Å². The smallest absolute Gasteiger partial charge is 0.143 e. The van der Waals surface area contributed by atoms with Crippen molar-refractivity contribution in [1.82, 2.24) is 4.57 Å². The molecule has 11 aromatic carbocycles. The molecule has 0 aliphatic heterocycles. The number of hydrogen-bond acceptors (Lipinski definition) is 2. The summed E-state index contributed by atoms with van der Waals surface area (Å²) >= 11 is 0. The number of fused-ring (bicyclic) bond motifs is 9. The van der Waals surface area contributed by atoms with E-state index in [2.05, 4.69) is 252 Å². The van der Waals surface area contributed by atoms with Crippen molar-refractivity contribution in [3.8, 4) is 39.1 Å². The first-order valence-electron chi connectivity index (χ1n) is 22.2. The molecule has 13 aromatic rings. The van der Waals surface area contributed by atoms with E-state index in [1.807, 2.05) is 0 Å². The number of rotatable bonds is 7. The first-order chi connectivity index (χ1) is 32.2. The van der Waals surface area contributed by atoms with Crippen molar-refractivity contribution in [2.24, 2.45) is 0 Å². The fourth-order valence-corrected chi connectivity index (χ4v) is 10.0. The fourth-order valence-electron chi connectivity index (χ4n) is 10.0. The first kappa shape index (κ1) is 36.9. The highest BCUT2D eigenvalue weighted by atomic mass is 16.3. The van der Waals surface area contributed by atoms with E-state index in [4.69, 9.17) is 4.42 Å². The number of hydrogen-bond donors (Lipinski definition) is 0. The molecule has 3 nitrogen and oxygen atoms in total. The van der Waals surface area contributed by atoms with Gasteiger partial charge in [0, 0.05) is 49.6 Å². The molecule has 65 heavy (non-hydrogen) atoms. The third kappa shape index (κ3) is 6.20. The van der Waals surface area contributed by atoms with Crippen molar-refractivity contribution < 1.29 is 4.42 Å². The van der Waals surface area contributed by atoms with Crippen LogP contribution < -0.4 is 4.90 Å². The van der Waals surface area contributed by atoms with E-state index in [9.17, 15) is 0 Å². The third-order valence-electron chi connectivity index (χ3n) is 13.2. The molecule has 0 aliphatic carbocycles. The van der Waals surface area contributed by atoms with Crippen molar-refractivity contribution in [1.29, 1.82) is 0 Å². The lowest BCUT2D eigenvalue weighted by atomic mass is 9.95. The van der Waals surface area contributed by atoms with Gasteiger partial charge in [-0.15, -0.1) is 0 Å². The zero-order chi connectivity index (χ0) is 42.8. The highest BCUT2D eigenvalue weighted by molar-refractivity contribution is 6.16. The molecule has 2 heterocycles. The Hall–Kier alpha value is -8.66. The monoisotopic (exact) mass is 828 g/mol. The van der Waals surface area contributed by atoms with Gasteiger partial charge in [-0.05, 0) is 123 Å². The van der Waals surface area contributed by atoms with Crippen LogP contribution in [0.1, 0.15) is 0 Å². The predicted octanol–water partition coefficient (Wildman–Crippen LogP) is 17.5. The van der Waals surface area contributed by atoms with Crippen LogP contribution in [0.25, 0.3) is 104 Å². The predicted molar refractivity (Wildman–Crippen MR) is 274 cm³/mol. The topological polar surface area (TPSA) is 21.3 Å². The Morgan fingerprint density at radius 1 is 0.323 bits per heavy atom. The maximum atomic E-state index is 6.63. The summed E-state index contributed by atoms with van der Waals surface area (Å²) in [4.78, 5) is 2.41. The Kier molecular flexibility index (Phi) is 8.53. The van der Waals surface area contributed by atoms with E-state index in [1.165, 1.54) is 49.1 Å². The second kappa shape index (κ2) is 15.0. The molecule has 0 atom stereocenters. The molecule has 0 saturated heterocycles. The second-order valence-corrected chi connectivity index (χ2v) is 16.9. The summed E-state index contributed by atoms with van der Waals surface area (Å²) in [5.41, 5.74) is 15.5. The Morgan fingerprint density at radius 2 is 0.923 bits per heavy atom. The Morgan fingerprint density at radius 3 is 1.72 bits per heavy atom. The third-order valence-corrected chi connectivity index (χ3v) is 13.2. The molecular weight excluding hydrogens is 789 g/mol. The normalized spacial score (nSPS) is 11.7. The lowest BCUT2D eigenvalue weighted by molar-refractivity contribution is 0.672. The quantitative estimate of drug-likeness (QED) is 0.160. The summed E-state index contributed by atoms with van der Waals surface area (Å²) in [5.74, 6) is 0. The van der Waals surface area contributed by atoms with Crippen LogP contribution in [0.15, 0.2) is 247 Å². The van der Waals surface area contributed by atoms with Gasteiger partial charge in [-0.1, -0.05) is 164 Å². The lowest BCUT2D eigenvalue weighted by Crippen LogP contribution is -2.11. The first-order valence-corrected chi connectivity index (χ1v) is 22.2. The summed E-state index contributed by atoms with van der Waals surface area (Å²) in [7, 11) is 0. The zero-order valence-electron chi connectivity index (χ0n) is 35.4. The number of furan rings is 1. The molecule has 0 N–H and O–H groups in total. The second-order valence-electron chi connectivity index (χ2n) is 16.9. The molecule has 0 saturated carbocycles. The zero-order valence-corrected chi connectivity index (χ0v) is 35.4. The Labute approximate surface area is 376 Å². The van der Waals surface area contributed by atoms with Crippen LogP contribution in [0.5, 0.6) is 0 Å². The molecular formula is C62H40N2O. The standard InChI is InChI=1S/C62H40N2O/c1-2-14-43(15-3-1)56-39-48(47-26-25-41-13-4-5-17-45(41)37-47)30-35-60(56)63(51-33-36-61-57(40-51)55-34-29-44-16-6-7-20-52(44)62(55)65-61)49-31-27-42(28-32-49)46-18-12-19-50(38-46)64-58-23-10-8-21-53(58)54-22-9-11-24-59(54)64/h1-40H. The Bertz CT molecular complexity index is 3900. The van der Waals surface area contributed by atoms with E-state index in [0.29, 0.717) is 0 Å². The average molecular weight is 829 g/mol. The van der Waals surface area contributed by atoms with Gasteiger partial charge in [0.2, 0.25) is 0 Å². The number of benzene rings is 11. The summed E-state index contributed by atoms with van der Waals surface area (Å²) in [6.45, 7) is 0. The van der Waals surface area contributed by atoms with Crippen LogP contribution in [0.4, 0.5) is 17.1 Å². The maximum Gasteiger partial charge on any atom is 0.143 e. The van der Waals surface area contributed by atoms with Crippen LogP contribution in [-0.4, -0.2) is 4.57 Å². The van der Waals surface area contributed by atoms with Crippen molar-refractivity contribution >= 4 is 82.4 Å². The van der Waals surface area contributed by atoms with Crippen LogP contribution in [0, 0.1) is 0 Å². The fraction of sp³-hybridized carbons (Fsp3) is 0. The van der Waals surface area contributed by atoms with Crippen LogP contribution >= 0.6 is 0 Å². The molecule has 3 heteroatoms. The summed E-state index contributed by atoms with van der Waals surface area (Å²) in [6, 6.07) is 87.8. The van der Waals surface area contributed by atoms with E-state index in [-0.39, 0.29) is 0 Å². The van der Waals surface area contributed by atoms with Crippen molar-refractivity contribution in [2.75, 3.05) is 4.90 Å². The molecule has 0 amide bonds. The van der Waals surface area contributed by atoms with E-state index >= 15 is 0 Å². The molecule has 2 aromatic heterocycles. The van der Waals surface area contributed by atoms with Gasteiger partial charge in [-0.3, -0.25) is 0 Å². The van der Waals surface area contributed by atoms with Gasteiger partial charge >= 0.3 is 0 Å². The van der Waals surface area contributed by atoms with E-state index in [0.717, 1.165) is 72.3 Å². The molecule has 0 aliphatic rings. The van der Waals surface area contributed by atoms with Gasteiger partial charge < -0.3 is 13.9 Å². The van der Waals surface area contributed by atoms with Gasteiger partial charge in [0.15, 0.2) is 0 Å². The van der Waals surface area contributed by atoms with Gasteiger partial charge in [0.25, 0.3) is 0 Å². The average Bonchev–Trinajstić information content (AvgIpc) is 3.93. The van der Waals surface area contributed by atoms with Crippen LogP contribution in [0.2, 0.25) is 0 Å². The summed E-state index contributed by atoms with van der Waals surface area (Å²) in [5, 5.41) is 9.45. The van der Waals surface area contributed by atoms with Crippen molar-refractivity contribution in [3.05, 3.63) is 243 Å². The van der Waals surface area contributed by atoms with Gasteiger partial charge in [-0.25, -0.2) is 0 Å². The Balaban J connectivity index is 0.977. The number of para-hydroxylation sites is 2. The summed E-state index contributed by atoms with van der Waals surface area (Å²) < 4.78 is 9.01. The maximum absolute atomic E-state index is 6.63.